The van der Waals surface area contributed by atoms with Crippen LogP contribution in [-0.4, -0.2) is 12.6 Å². The topological polar surface area (TPSA) is 21.3 Å². The molecular formula is C70H48N2OSi. The second-order valence-electron chi connectivity index (χ2n) is 19.2. The Morgan fingerprint density at radius 1 is 0.311 bits per heavy atom. The van der Waals surface area contributed by atoms with Gasteiger partial charge in [-0.1, -0.05) is 218 Å². The molecule has 0 aliphatic rings. The van der Waals surface area contributed by atoms with Crippen LogP contribution >= 0.6 is 0 Å². The van der Waals surface area contributed by atoms with Gasteiger partial charge in [0.25, 0.3) is 0 Å². The first-order valence-corrected chi connectivity index (χ1v) is 27.4. The fourth-order valence-corrected chi connectivity index (χ4v) is 16.6. The average Bonchev–Trinajstić information content (AvgIpc) is 4.03. The van der Waals surface area contributed by atoms with Gasteiger partial charge in [-0.3, -0.25) is 0 Å². The van der Waals surface area contributed by atoms with Gasteiger partial charge in [0.05, 0.1) is 11.0 Å². The minimum atomic E-state index is -2.76. The molecule has 2 aromatic heterocycles. The molecule has 0 bridgehead atoms. The molecule has 2 heterocycles. The van der Waals surface area contributed by atoms with E-state index < -0.39 is 8.07 Å². The highest BCUT2D eigenvalue weighted by Crippen LogP contribution is 2.43. The number of aromatic nitrogens is 1. The third-order valence-corrected chi connectivity index (χ3v) is 19.9. The standard InChI is InChI=1S/C70H48N2OSi/c1-4-23-56(24-5-1)74(57-25-6-2-7-26-57,58-27-8-3-9-28-58)59-44-41-53(42-45-59)71(52-39-37-50(38-40-52)61-32-17-20-49-19-10-11-29-60(49)61)54-22-16-21-51(47-54)62-33-18-35-67-70(62)65-31-12-14-34-66(65)72(67)55-43-46-64-63-30-13-15-36-68(63)73-69(64)48-55/h1-48H. The van der Waals surface area contributed by atoms with Gasteiger partial charge in [-0.25, -0.2) is 0 Å². The zero-order chi connectivity index (χ0) is 49.0. The number of benzene rings is 12. The molecule has 12 aromatic carbocycles. The van der Waals surface area contributed by atoms with E-state index in [-0.39, 0.29) is 0 Å². The summed E-state index contributed by atoms with van der Waals surface area (Å²) in [4.78, 5) is 2.42. The maximum Gasteiger partial charge on any atom is 0.179 e. The summed E-state index contributed by atoms with van der Waals surface area (Å²) in [6, 6.07) is 107. The van der Waals surface area contributed by atoms with Crippen molar-refractivity contribution in [2.75, 3.05) is 4.90 Å². The van der Waals surface area contributed by atoms with Gasteiger partial charge in [-0.2, -0.15) is 0 Å². The van der Waals surface area contributed by atoms with E-state index in [4.69, 9.17) is 4.42 Å². The van der Waals surface area contributed by atoms with Crippen molar-refractivity contribution in [1.29, 1.82) is 0 Å². The van der Waals surface area contributed by atoms with Gasteiger partial charge in [-0.05, 0) is 121 Å². The number of furan rings is 1. The van der Waals surface area contributed by atoms with Crippen molar-refractivity contribution in [3.05, 3.63) is 291 Å². The molecule has 0 N–H and O–H groups in total. The van der Waals surface area contributed by atoms with Gasteiger partial charge in [0, 0.05) is 50.4 Å². The van der Waals surface area contributed by atoms with Crippen molar-refractivity contribution >= 4 is 100 Å². The summed E-state index contributed by atoms with van der Waals surface area (Å²) in [6.07, 6.45) is 0. The van der Waals surface area contributed by atoms with Crippen molar-refractivity contribution in [2.45, 2.75) is 0 Å². The molecule has 0 spiro atoms. The fraction of sp³-hybridized carbons (Fsp3) is 0. The Hall–Kier alpha value is -9.48. The highest BCUT2D eigenvalue weighted by atomic mass is 28.3. The Bertz CT molecular complexity index is 4250. The molecule has 4 heteroatoms. The Kier molecular flexibility index (Phi) is 10.5. The number of anilines is 3. The summed E-state index contributed by atoms with van der Waals surface area (Å²) >= 11 is 0. The number of para-hydroxylation sites is 2. The van der Waals surface area contributed by atoms with E-state index >= 15 is 0 Å². The number of fused-ring (bicyclic) bond motifs is 7. The van der Waals surface area contributed by atoms with Crippen LogP contribution in [0.25, 0.3) is 82.5 Å². The Morgan fingerprint density at radius 2 is 0.838 bits per heavy atom. The lowest BCUT2D eigenvalue weighted by Gasteiger charge is -2.35. The molecule has 0 fully saturated rings. The molecule has 3 nitrogen and oxygen atoms in total. The van der Waals surface area contributed by atoms with Crippen molar-refractivity contribution in [2.24, 2.45) is 0 Å². The molecular weight excluding hydrogens is 913 g/mol. The lowest BCUT2D eigenvalue weighted by Crippen LogP contribution is -2.74. The lowest BCUT2D eigenvalue weighted by atomic mass is 9.97. The van der Waals surface area contributed by atoms with Gasteiger partial charge in [0.2, 0.25) is 0 Å². The molecule has 0 amide bonds. The van der Waals surface area contributed by atoms with E-state index in [1.807, 2.05) is 12.1 Å². The van der Waals surface area contributed by atoms with E-state index in [9.17, 15) is 0 Å². The van der Waals surface area contributed by atoms with Gasteiger partial charge in [0.1, 0.15) is 11.2 Å². The van der Waals surface area contributed by atoms with Crippen LogP contribution in [0.15, 0.2) is 296 Å². The number of nitrogens with zero attached hydrogens (tertiary/aromatic N) is 2. The van der Waals surface area contributed by atoms with Crippen molar-refractivity contribution in [3.63, 3.8) is 0 Å². The van der Waals surface area contributed by atoms with Crippen LogP contribution in [-0.2, 0) is 0 Å². The van der Waals surface area contributed by atoms with Gasteiger partial charge < -0.3 is 13.9 Å². The molecule has 0 atom stereocenters. The Labute approximate surface area is 431 Å². The molecule has 348 valence electrons. The maximum absolute atomic E-state index is 6.43. The van der Waals surface area contributed by atoms with Crippen LogP contribution in [0.1, 0.15) is 0 Å². The third kappa shape index (κ3) is 7.10. The summed E-state index contributed by atoms with van der Waals surface area (Å²) < 4.78 is 8.82. The molecule has 0 aliphatic heterocycles. The van der Waals surface area contributed by atoms with E-state index in [1.54, 1.807) is 0 Å². The van der Waals surface area contributed by atoms with Crippen LogP contribution in [0, 0.1) is 0 Å². The number of hydrogen-bond donors (Lipinski definition) is 0. The summed E-state index contributed by atoms with van der Waals surface area (Å²) in [6.45, 7) is 0. The van der Waals surface area contributed by atoms with Crippen LogP contribution < -0.4 is 25.6 Å². The van der Waals surface area contributed by atoms with Crippen molar-refractivity contribution in [1.82, 2.24) is 4.57 Å². The maximum atomic E-state index is 6.43. The monoisotopic (exact) mass is 960 g/mol. The predicted octanol–water partition coefficient (Wildman–Crippen LogP) is 16.0. The van der Waals surface area contributed by atoms with E-state index in [1.165, 1.54) is 59.0 Å². The number of rotatable bonds is 10. The van der Waals surface area contributed by atoms with Crippen LogP contribution in [0.4, 0.5) is 17.1 Å². The molecule has 14 aromatic rings. The molecule has 0 aliphatic carbocycles. The van der Waals surface area contributed by atoms with Crippen molar-refractivity contribution < 1.29 is 4.42 Å². The highest BCUT2D eigenvalue weighted by Gasteiger charge is 2.41. The molecule has 0 radical (unpaired) electrons. The second-order valence-corrected chi connectivity index (χ2v) is 23.0. The minimum absolute atomic E-state index is 0.880. The number of hydrogen-bond acceptors (Lipinski definition) is 2. The first kappa shape index (κ1) is 43.3. The van der Waals surface area contributed by atoms with Gasteiger partial charge >= 0.3 is 0 Å². The second kappa shape index (κ2) is 18.0. The van der Waals surface area contributed by atoms with Gasteiger partial charge in [-0.15, -0.1) is 0 Å². The van der Waals surface area contributed by atoms with Crippen molar-refractivity contribution in [3.8, 4) is 27.9 Å². The van der Waals surface area contributed by atoms with Gasteiger partial charge in [0.15, 0.2) is 8.07 Å². The largest absolute Gasteiger partial charge is 0.456 e. The fourth-order valence-electron chi connectivity index (χ4n) is 11.8. The highest BCUT2D eigenvalue weighted by molar-refractivity contribution is 7.19. The van der Waals surface area contributed by atoms with E-state index in [2.05, 4.69) is 289 Å². The Morgan fingerprint density at radius 3 is 1.55 bits per heavy atom. The summed E-state index contributed by atoms with van der Waals surface area (Å²) in [5.74, 6) is 0. The van der Waals surface area contributed by atoms with Crippen LogP contribution in [0.2, 0.25) is 0 Å². The average molecular weight is 961 g/mol. The predicted molar refractivity (Wildman–Crippen MR) is 315 cm³/mol. The first-order chi connectivity index (χ1) is 36.7. The molecule has 0 saturated carbocycles. The zero-order valence-electron chi connectivity index (χ0n) is 40.5. The third-order valence-electron chi connectivity index (χ3n) is 15.1. The van der Waals surface area contributed by atoms with E-state index in [0.29, 0.717) is 0 Å². The molecule has 74 heavy (non-hydrogen) atoms. The SMILES string of the molecule is c1ccc([Si](c2ccccc2)(c2ccccc2)c2ccc(N(c3ccc(-c4cccc5ccccc45)cc3)c3cccc(-c4cccc5c4c4ccccc4n5-c4ccc5c(c4)oc4ccccc45)c3)cc2)cc1. The smallest absolute Gasteiger partial charge is 0.179 e. The van der Waals surface area contributed by atoms with Crippen LogP contribution in [0.3, 0.4) is 0 Å². The zero-order valence-corrected chi connectivity index (χ0v) is 41.5. The lowest BCUT2D eigenvalue weighted by molar-refractivity contribution is 0.668. The summed E-state index contributed by atoms with van der Waals surface area (Å²) in [5, 5.41) is 12.5. The molecule has 0 unspecified atom stereocenters. The quantitative estimate of drug-likeness (QED) is 0.101. The molecule has 0 saturated heterocycles. The summed E-state index contributed by atoms with van der Waals surface area (Å²) in [5.41, 5.74) is 13.1. The Balaban J connectivity index is 0.933. The minimum Gasteiger partial charge on any atom is -0.456 e. The summed E-state index contributed by atoms with van der Waals surface area (Å²) in [7, 11) is -2.76. The first-order valence-electron chi connectivity index (χ1n) is 25.4. The normalized spacial score (nSPS) is 11.8. The van der Waals surface area contributed by atoms with E-state index in [0.717, 1.165) is 61.3 Å². The van der Waals surface area contributed by atoms with Crippen LogP contribution in [0.5, 0.6) is 0 Å². The molecule has 14 rings (SSSR count).